The van der Waals surface area contributed by atoms with Gasteiger partial charge in [0.2, 0.25) is 0 Å². The molecule has 122 valence electrons. The summed E-state index contributed by atoms with van der Waals surface area (Å²) in [5.74, 6) is 0.790. The maximum Gasteiger partial charge on any atom is 0.422 e. The Bertz CT molecular complexity index is 501. The van der Waals surface area contributed by atoms with Crippen LogP contribution in [0.15, 0.2) is 41.9 Å². The van der Waals surface area contributed by atoms with E-state index >= 15 is 0 Å². The molecular formula is C15H20F3N3O. The third kappa shape index (κ3) is 7.56. The monoisotopic (exact) mass is 315 g/mol. The van der Waals surface area contributed by atoms with Crippen LogP contribution in [0.1, 0.15) is 12.5 Å². The van der Waals surface area contributed by atoms with Crippen molar-refractivity contribution in [2.24, 2.45) is 4.99 Å². The van der Waals surface area contributed by atoms with Gasteiger partial charge in [-0.15, -0.1) is 6.58 Å². The number of hydrogen-bond acceptors (Lipinski definition) is 2. The molecule has 0 radical (unpaired) electrons. The van der Waals surface area contributed by atoms with Crippen LogP contribution >= 0.6 is 0 Å². The minimum Gasteiger partial charge on any atom is -0.484 e. The standard InChI is InChI=1S/C15H20F3N3O/c1-3-8-20-14(19-4-2)21-10-12-6-5-7-13(9-12)22-11-15(16,17)18/h3,5-7,9H,1,4,8,10-11H2,2H3,(H2,19,20,21). The molecule has 0 aliphatic rings. The fourth-order valence-corrected chi connectivity index (χ4v) is 1.58. The molecule has 0 amide bonds. The van der Waals surface area contributed by atoms with Gasteiger partial charge in [0.05, 0.1) is 6.54 Å². The third-order valence-corrected chi connectivity index (χ3v) is 2.48. The van der Waals surface area contributed by atoms with Crippen LogP contribution in [-0.4, -0.2) is 31.8 Å². The lowest BCUT2D eigenvalue weighted by atomic mass is 10.2. The van der Waals surface area contributed by atoms with Crippen LogP contribution in [0.25, 0.3) is 0 Å². The Hall–Kier alpha value is -2.18. The molecule has 0 saturated carbocycles. The van der Waals surface area contributed by atoms with Gasteiger partial charge in [-0.3, -0.25) is 0 Å². The van der Waals surface area contributed by atoms with Crippen molar-refractivity contribution in [1.29, 1.82) is 0 Å². The number of nitrogens with zero attached hydrogens (tertiary/aromatic N) is 1. The molecule has 0 fully saturated rings. The van der Waals surface area contributed by atoms with Gasteiger partial charge < -0.3 is 15.4 Å². The number of nitrogens with one attached hydrogen (secondary N) is 2. The van der Waals surface area contributed by atoms with Gasteiger partial charge in [0.15, 0.2) is 12.6 Å². The number of benzene rings is 1. The lowest BCUT2D eigenvalue weighted by Gasteiger charge is -2.11. The molecule has 0 atom stereocenters. The van der Waals surface area contributed by atoms with Crippen molar-refractivity contribution in [3.05, 3.63) is 42.5 Å². The van der Waals surface area contributed by atoms with Gasteiger partial charge in [-0.25, -0.2) is 4.99 Å². The quantitative estimate of drug-likeness (QED) is 0.462. The molecule has 1 rings (SSSR count). The van der Waals surface area contributed by atoms with Crippen LogP contribution in [0, 0.1) is 0 Å². The molecule has 0 aliphatic heterocycles. The van der Waals surface area contributed by atoms with Crippen LogP contribution in [0.3, 0.4) is 0 Å². The van der Waals surface area contributed by atoms with E-state index in [-0.39, 0.29) is 5.75 Å². The number of rotatable bonds is 7. The first-order chi connectivity index (χ1) is 10.4. The largest absolute Gasteiger partial charge is 0.484 e. The molecule has 0 saturated heterocycles. The van der Waals surface area contributed by atoms with Crippen molar-refractivity contribution in [2.75, 3.05) is 19.7 Å². The van der Waals surface area contributed by atoms with Gasteiger partial charge in [0, 0.05) is 13.1 Å². The second-order valence-corrected chi connectivity index (χ2v) is 4.42. The van der Waals surface area contributed by atoms with Gasteiger partial charge in [-0.1, -0.05) is 18.2 Å². The number of aliphatic imine (C=N–C) groups is 1. The van der Waals surface area contributed by atoms with E-state index in [0.29, 0.717) is 25.6 Å². The highest BCUT2D eigenvalue weighted by Gasteiger charge is 2.28. The molecule has 2 N–H and O–H groups in total. The van der Waals surface area contributed by atoms with Gasteiger partial charge in [0.1, 0.15) is 5.75 Å². The Balaban J connectivity index is 2.65. The van der Waals surface area contributed by atoms with E-state index in [0.717, 1.165) is 5.56 Å². The highest BCUT2D eigenvalue weighted by molar-refractivity contribution is 5.79. The topological polar surface area (TPSA) is 45.7 Å². The first kappa shape index (κ1) is 17.9. The Labute approximate surface area is 128 Å². The molecular weight excluding hydrogens is 295 g/mol. The molecule has 7 heteroatoms. The van der Waals surface area contributed by atoms with Gasteiger partial charge >= 0.3 is 6.18 Å². The normalized spacial score (nSPS) is 11.9. The highest BCUT2D eigenvalue weighted by Crippen LogP contribution is 2.19. The van der Waals surface area contributed by atoms with Crippen molar-refractivity contribution in [1.82, 2.24) is 10.6 Å². The van der Waals surface area contributed by atoms with E-state index in [1.54, 1.807) is 24.3 Å². The summed E-state index contributed by atoms with van der Waals surface area (Å²) >= 11 is 0. The molecule has 22 heavy (non-hydrogen) atoms. The Kier molecular flexibility index (Phi) is 7.28. The lowest BCUT2D eigenvalue weighted by molar-refractivity contribution is -0.153. The van der Waals surface area contributed by atoms with Gasteiger partial charge in [-0.2, -0.15) is 13.2 Å². The highest BCUT2D eigenvalue weighted by atomic mass is 19.4. The third-order valence-electron chi connectivity index (χ3n) is 2.48. The van der Waals surface area contributed by atoms with E-state index in [1.807, 2.05) is 6.92 Å². The van der Waals surface area contributed by atoms with Crippen LogP contribution in [0.2, 0.25) is 0 Å². The number of ether oxygens (including phenoxy) is 1. The number of guanidine groups is 1. The first-order valence-corrected chi connectivity index (χ1v) is 6.86. The van der Waals surface area contributed by atoms with E-state index < -0.39 is 12.8 Å². The number of halogens is 3. The molecule has 0 heterocycles. The molecule has 0 aliphatic carbocycles. The van der Waals surface area contributed by atoms with E-state index in [9.17, 15) is 13.2 Å². The summed E-state index contributed by atoms with van der Waals surface area (Å²) in [5, 5.41) is 6.10. The van der Waals surface area contributed by atoms with E-state index in [4.69, 9.17) is 4.74 Å². The summed E-state index contributed by atoms with van der Waals surface area (Å²) in [6, 6.07) is 6.45. The Morgan fingerprint density at radius 1 is 1.36 bits per heavy atom. The molecule has 1 aromatic carbocycles. The zero-order valence-corrected chi connectivity index (χ0v) is 12.4. The molecule has 0 unspecified atom stereocenters. The SMILES string of the molecule is C=CCNC(=NCc1cccc(OCC(F)(F)F)c1)NCC. The average molecular weight is 315 g/mol. The summed E-state index contributed by atoms with van der Waals surface area (Å²) in [6.07, 6.45) is -2.64. The molecule has 0 aromatic heterocycles. The van der Waals surface area contributed by atoms with Crippen molar-refractivity contribution in [3.63, 3.8) is 0 Å². The summed E-state index contributed by atoms with van der Waals surface area (Å²) in [4.78, 5) is 4.34. The second kappa shape index (κ2) is 8.96. The maximum atomic E-state index is 12.1. The zero-order chi connectivity index (χ0) is 16.4. The summed E-state index contributed by atoms with van der Waals surface area (Å²) in [5.41, 5.74) is 0.760. The Morgan fingerprint density at radius 2 is 2.14 bits per heavy atom. The van der Waals surface area contributed by atoms with Crippen molar-refractivity contribution < 1.29 is 17.9 Å². The average Bonchev–Trinajstić information content (AvgIpc) is 2.48. The fraction of sp³-hybridized carbons (Fsp3) is 0.400. The predicted octanol–water partition coefficient (Wildman–Crippen LogP) is 2.87. The van der Waals surface area contributed by atoms with Gasteiger partial charge in [0.25, 0.3) is 0 Å². The van der Waals surface area contributed by atoms with Crippen LogP contribution in [0.5, 0.6) is 5.75 Å². The van der Waals surface area contributed by atoms with Crippen molar-refractivity contribution >= 4 is 5.96 Å². The number of alkyl halides is 3. The van der Waals surface area contributed by atoms with E-state index in [2.05, 4.69) is 22.2 Å². The zero-order valence-electron chi connectivity index (χ0n) is 12.4. The summed E-state index contributed by atoms with van der Waals surface area (Å²) in [7, 11) is 0. The smallest absolute Gasteiger partial charge is 0.422 e. The molecule has 4 nitrogen and oxygen atoms in total. The number of hydrogen-bond donors (Lipinski definition) is 2. The van der Waals surface area contributed by atoms with Crippen molar-refractivity contribution in [2.45, 2.75) is 19.6 Å². The molecule has 0 spiro atoms. The summed E-state index contributed by atoms with van der Waals surface area (Å²) in [6.45, 7) is 5.85. The van der Waals surface area contributed by atoms with E-state index in [1.165, 1.54) is 6.07 Å². The first-order valence-electron chi connectivity index (χ1n) is 6.86. The van der Waals surface area contributed by atoms with Gasteiger partial charge in [-0.05, 0) is 24.6 Å². The lowest BCUT2D eigenvalue weighted by Crippen LogP contribution is -2.37. The minimum absolute atomic E-state index is 0.175. The van der Waals surface area contributed by atoms with Crippen LogP contribution < -0.4 is 15.4 Å². The summed E-state index contributed by atoms with van der Waals surface area (Å²) < 4.78 is 41.1. The predicted molar refractivity (Wildman–Crippen MR) is 81.0 cm³/mol. The minimum atomic E-state index is -4.35. The Morgan fingerprint density at radius 3 is 2.77 bits per heavy atom. The maximum absolute atomic E-state index is 12.1. The molecule has 1 aromatic rings. The van der Waals surface area contributed by atoms with Crippen LogP contribution in [0.4, 0.5) is 13.2 Å². The van der Waals surface area contributed by atoms with Crippen molar-refractivity contribution in [3.8, 4) is 5.75 Å². The molecule has 0 bridgehead atoms. The second-order valence-electron chi connectivity index (χ2n) is 4.42. The fourth-order valence-electron chi connectivity index (χ4n) is 1.58. The van der Waals surface area contributed by atoms with Crippen LogP contribution in [-0.2, 0) is 6.54 Å².